The van der Waals surface area contributed by atoms with Crippen molar-refractivity contribution in [2.45, 2.75) is 43.9 Å². The number of benzene rings is 2. The molecule has 1 aliphatic heterocycles. The van der Waals surface area contributed by atoms with E-state index in [-0.39, 0.29) is 11.2 Å². The standard InChI is InChI=1S/C27H28FN3O2S/c1-26(2,3)20-4-10-24(11-5-20)34(33)30-13-12-21-14-25-19(15-27(21,17-30)18-32)16-29-31(25)23-8-6-22(28)7-9-23/h4-11,14,16,18H,12-13,15,17H2,1-3H3. The Morgan fingerprint density at radius 1 is 1.09 bits per heavy atom. The maximum atomic E-state index is 13.4. The van der Waals surface area contributed by atoms with Crippen LogP contribution in [-0.4, -0.2) is 37.7 Å². The van der Waals surface area contributed by atoms with Crippen LogP contribution in [0.5, 0.6) is 0 Å². The summed E-state index contributed by atoms with van der Waals surface area (Å²) in [6.45, 7) is 7.47. The largest absolute Gasteiger partial charge is 0.302 e. The average Bonchev–Trinajstić information content (AvgIpc) is 3.24. The lowest BCUT2D eigenvalue weighted by atomic mass is 9.70. The molecular formula is C27H28FN3O2S. The molecule has 0 amide bonds. The van der Waals surface area contributed by atoms with Gasteiger partial charge in [0.1, 0.15) is 23.1 Å². The molecule has 2 unspecified atom stereocenters. The molecule has 0 spiro atoms. The summed E-state index contributed by atoms with van der Waals surface area (Å²) in [5.41, 5.74) is 4.20. The number of hydrogen-bond acceptors (Lipinski definition) is 3. The van der Waals surface area contributed by atoms with Crippen molar-refractivity contribution >= 4 is 23.3 Å². The minimum Gasteiger partial charge on any atom is -0.302 e. The Kier molecular flexibility index (Phi) is 5.65. The Bertz CT molecular complexity index is 1290. The van der Waals surface area contributed by atoms with Crippen molar-refractivity contribution in [3.05, 3.63) is 82.9 Å². The van der Waals surface area contributed by atoms with Gasteiger partial charge in [-0.15, -0.1) is 0 Å². The molecule has 3 aromatic rings. The zero-order valence-electron chi connectivity index (χ0n) is 19.6. The monoisotopic (exact) mass is 477 g/mol. The predicted octanol–water partition coefficient (Wildman–Crippen LogP) is 4.86. The molecule has 0 saturated carbocycles. The number of piperidine rings is 1. The topological polar surface area (TPSA) is 55.2 Å². The van der Waals surface area contributed by atoms with Crippen molar-refractivity contribution < 1.29 is 13.4 Å². The van der Waals surface area contributed by atoms with Crippen LogP contribution in [0.1, 0.15) is 44.0 Å². The summed E-state index contributed by atoms with van der Waals surface area (Å²) in [7, 11) is -1.34. The van der Waals surface area contributed by atoms with Gasteiger partial charge in [0, 0.05) is 13.1 Å². The van der Waals surface area contributed by atoms with Crippen molar-refractivity contribution in [2.75, 3.05) is 13.1 Å². The van der Waals surface area contributed by atoms with E-state index in [1.807, 2.05) is 34.6 Å². The Morgan fingerprint density at radius 2 is 1.79 bits per heavy atom. The second-order valence-electron chi connectivity index (χ2n) is 10.2. The number of aldehydes is 1. The number of hydrogen-bond donors (Lipinski definition) is 0. The van der Waals surface area contributed by atoms with E-state index in [1.54, 1.807) is 23.0 Å². The number of carbonyl (C=O) groups is 1. The van der Waals surface area contributed by atoms with Crippen LogP contribution in [-0.2, 0) is 27.6 Å². The Labute approximate surface area is 201 Å². The summed E-state index contributed by atoms with van der Waals surface area (Å²) < 4.78 is 30.5. The lowest BCUT2D eigenvalue weighted by molar-refractivity contribution is -0.115. The molecule has 2 aliphatic rings. The van der Waals surface area contributed by atoms with Gasteiger partial charge in [-0.05, 0) is 71.9 Å². The first-order chi connectivity index (χ1) is 16.2. The van der Waals surface area contributed by atoms with Crippen LogP contribution < -0.4 is 0 Å². The second-order valence-corrected chi connectivity index (χ2v) is 11.7. The number of aromatic nitrogens is 2. The van der Waals surface area contributed by atoms with Crippen molar-refractivity contribution in [3.63, 3.8) is 0 Å². The second kappa shape index (κ2) is 8.40. The van der Waals surface area contributed by atoms with Crippen LogP contribution in [0.4, 0.5) is 4.39 Å². The first-order valence-corrected chi connectivity index (χ1v) is 12.6. The van der Waals surface area contributed by atoms with Crippen LogP contribution >= 0.6 is 0 Å². The quantitative estimate of drug-likeness (QED) is 0.504. The fraction of sp³-hybridized carbons (Fsp3) is 0.333. The normalized spacial score (nSPS) is 21.4. The zero-order valence-corrected chi connectivity index (χ0v) is 20.4. The van der Waals surface area contributed by atoms with Crippen molar-refractivity contribution in [1.29, 1.82) is 0 Å². The van der Waals surface area contributed by atoms with Gasteiger partial charge in [0.05, 0.1) is 27.9 Å². The van der Waals surface area contributed by atoms with E-state index in [0.29, 0.717) is 25.9 Å². The predicted molar refractivity (Wildman–Crippen MR) is 131 cm³/mol. The lowest BCUT2D eigenvalue weighted by Gasteiger charge is -2.42. The minimum atomic E-state index is -1.34. The van der Waals surface area contributed by atoms with Crippen LogP contribution in [0, 0.1) is 11.2 Å². The van der Waals surface area contributed by atoms with Gasteiger partial charge in [-0.3, -0.25) is 0 Å². The van der Waals surface area contributed by atoms with E-state index in [4.69, 9.17) is 0 Å². The molecule has 7 heteroatoms. The third-order valence-corrected chi connectivity index (χ3v) is 8.34. The molecule has 2 heterocycles. The minimum absolute atomic E-state index is 0.0323. The molecule has 1 aromatic heterocycles. The molecule has 2 atom stereocenters. The van der Waals surface area contributed by atoms with Crippen LogP contribution in [0.25, 0.3) is 11.8 Å². The molecule has 0 bridgehead atoms. The van der Waals surface area contributed by atoms with Gasteiger partial charge in [0.2, 0.25) is 0 Å². The molecule has 5 rings (SSSR count). The van der Waals surface area contributed by atoms with Crippen molar-refractivity contribution in [1.82, 2.24) is 14.1 Å². The summed E-state index contributed by atoms with van der Waals surface area (Å²) in [5, 5.41) is 4.51. The highest BCUT2D eigenvalue weighted by atomic mass is 32.2. The third-order valence-electron chi connectivity index (χ3n) is 6.88. The molecule has 1 saturated heterocycles. The molecule has 0 radical (unpaired) electrons. The van der Waals surface area contributed by atoms with Crippen LogP contribution in [0.15, 0.2) is 65.2 Å². The Hall–Kier alpha value is -2.90. The van der Waals surface area contributed by atoms with Gasteiger partial charge in [-0.25, -0.2) is 17.6 Å². The maximum absolute atomic E-state index is 13.4. The van der Waals surface area contributed by atoms with Gasteiger partial charge in [0.15, 0.2) is 0 Å². The molecular weight excluding hydrogens is 449 g/mol. The number of halogens is 1. The third kappa shape index (κ3) is 3.97. The number of carbonyl (C=O) groups excluding carboxylic acids is 1. The van der Waals surface area contributed by atoms with Gasteiger partial charge >= 0.3 is 0 Å². The van der Waals surface area contributed by atoms with Gasteiger partial charge < -0.3 is 4.79 Å². The van der Waals surface area contributed by atoms with Gasteiger partial charge in [-0.1, -0.05) is 38.5 Å². The van der Waals surface area contributed by atoms with Gasteiger partial charge in [-0.2, -0.15) is 5.10 Å². The van der Waals surface area contributed by atoms with Crippen LogP contribution in [0.2, 0.25) is 0 Å². The first-order valence-electron chi connectivity index (χ1n) is 11.5. The number of nitrogens with zero attached hydrogens (tertiary/aromatic N) is 3. The number of rotatable bonds is 4. The molecule has 1 aliphatic carbocycles. The summed E-state index contributed by atoms with van der Waals surface area (Å²) in [6.07, 6.45) is 6.00. The summed E-state index contributed by atoms with van der Waals surface area (Å²) in [5.74, 6) is -0.295. The van der Waals surface area contributed by atoms with E-state index in [2.05, 4.69) is 25.9 Å². The summed E-state index contributed by atoms with van der Waals surface area (Å²) in [6, 6.07) is 14.2. The zero-order chi connectivity index (χ0) is 24.1. The highest BCUT2D eigenvalue weighted by molar-refractivity contribution is 7.82. The van der Waals surface area contributed by atoms with E-state index < -0.39 is 16.4 Å². The smallest absolute Gasteiger partial charge is 0.131 e. The Balaban J connectivity index is 1.41. The fourth-order valence-electron chi connectivity index (χ4n) is 4.87. The molecule has 34 heavy (non-hydrogen) atoms. The van der Waals surface area contributed by atoms with E-state index in [0.717, 1.165) is 33.7 Å². The molecule has 1 fully saturated rings. The SMILES string of the molecule is CC(C)(C)c1ccc(S(=O)N2CCC3=Cc4c(cnn4-c4ccc(F)cc4)CC3(C=O)C2)cc1. The average molecular weight is 478 g/mol. The summed E-state index contributed by atoms with van der Waals surface area (Å²) >= 11 is 0. The van der Waals surface area contributed by atoms with Crippen LogP contribution in [0.3, 0.4) is 0 Å². The van der Waals surface area contributed by atoms with E-state index in [9.17, 15) is 13.4 Å². The van der Waals surface area contributed by atoms with Gasteiger partial charge in [0.25, 0.3) is 0 Å². The Morgan fingerprint density at radius 3 is 2.44 bits per heavy atom. The first kappa shape index (κ1) is 22.9. The van der Waals surface area contributed by atoms with E-state index >= 15 is 0 Å². The lowest BCUT2D eigenvalue weighted by Crippen LogP contribution is -2.48. The molecule has 0 N–H and O–H groups in total. The fourth-order valence-corrected chi connectivity index (χ4v) is 6.14. The van der Waals surface area contributed by atoms with E-state index in [1.165, 1.54) is 17.7 Å². The van der Waals surface area contributed by atoms with Crippen molar-refractivity contribution in [2.24, 2.45) is 5.41 Å². The maximum Gasteiger partial charge on any atom is 0.131 e. The molecule has 5 nitrogen and oxygen atoms in total. The molecule has 176 valence electrons. The summed E-state index contributed by atoms with van der Waals surface area (Å²) in [4.78, 5) is 13.2. The highest BCUT2D eigenvalue weighted by Crippen LogP contribution is 2.43. The highest BCUT2D eigenvalue weighted by Gasteiger charge is 2.44. The van der Waals surface area contributed by atoms with Crippen molar-refractivity contribution in [3.8, 4) is 5.69 Å². The number of fused-ring (bicyclic) bond motifs is 2. The molecule has 2 aromatic carbocycles.